The number of urea groups is 1. The Morgan fingerprint density at radius 3 is 2.73 bits per heavy atom. The normalized spacial score (nSPS) is 20.8. The van der Waals surface area contributed by atoms with Crippen LogP contribution in [0.25, 0.3) is 0 Å². The van der Waals surface area contributed by atoms with Gasteiger partial charge in [-0.25, -0.2) is 14.0 Å². The van der Waals surface area contributed by atoms with E-state index in [0.29, 0.717) is 25.2 Å². The minimum atomic E-state index is -1.12. The molecule has 3 rings (SSSR count). The highest BCUT2D eigenvalue weighted by atomic mass is 19.1. The van der Waals surface area contributed by atoms with Crippen LogP contribution in [0.5, 0.6) is 0 Å². The van der Waals surface area contributed by atoms with Gasteiger partial charge in [-0.3, -0.25) is 0 Å². The Morgan fingerprint density at radius 2 is 2.05 bits per heavy atom. The van der Waals surface area contributed by atoms with E-state index in [-0.39, 0.29) is 42.6 Å². The number of carbonyl (C=O) groups is 2. The average Bonchev–Trinajstić information content (AvgIpc) is 3.37. The summed E-state index contributed by atoms with van der Waals surface area (Å²) in [6.07, 6.45) is 6.34. The summed E-state index contributed by atoms with van der Waals surface area (Å²) in [5, 5.41) is 17.5. The number of halogens is 1. The first kappa shape index (κ1) is 29.1. The third kappa shape index (κ3) is 8.83. The Kier molecular flexibility index (Phi) is 11.4. The van der Waals surface area contributed by atoms with Crippen LogP contribution in [0, 0.1) is 11.7 Å². The number of piperidine rings is 1. The predicted molar refractivity (Wildman–Crippen MR) is 139 cm³/mol. The number of carbonyl (C=O) groups excluding carboxylic acids is 1. The van der Waals surface area contributed by atoms with E-state index in [0.717, 1.165) is 38.5 Å². The van der Waals surface area contributed by atoms with E-state index in [1.54, 1.807) is 13.2 Å². The molecule has 1 saturated heterocycles. The lowest BCUT2D eigenvalue weighted by atomic mass is 9.88. The van der Waals surface area contributed by atoms with Crippen molar-refractivity contribution < 1.29 is 28.6 Å². The molecule has 1 aliphatic heterocycles. The van der Waals surface area contributed by atoms with Crippen LogP contribution < -0.4 is 16.0 Å². The molecule has 1 aliphatic carbocycles. The van der Waals surface area contributed by atoms with Gasteiger partial charge in [0.25, 0.3) is 0 Å². The van der Waals surface area contributed by atoms with Crippen molar-refractivity contribution in [3.05, 3.63) is 35.6 Å². The fourth-order valence-corrected chi connectivity index (χ4v) is 5.72. The fraction of sp³-hybridized carbons (Fsp3) is 0.704. The van der Waals surface area contributed by atoms with Crippen LogP contribution in [0.2, 0.25) is 0 Å². The highest BCUT2D eigenvalue weighted by molar-refractivity contribution is 5.74. The summed E-state index contributed by atoms with van der Waals surface area (Å²) in [5.41, 5.74) is 0.620. The van der Waals surface area contributed by atoms with Gasteiger partial charge in [-0.05, 0) is 63.3 Å². The Hall–Kier alpha value is -2.43. The molecule has 10 heteroatoms. The van der Waals surface area contributed by atoms with Crippen molar-refractivity contribution in [1.29, 1.82) is 0 Å². The van der Waals surface area contributed by atoms with E-state index in [9.17, 15) is 14.0 Å². The van der Waals surface area contributed by atoms with Gasteiger partial charge in [-0.15, -0.1) is 0 Å². The Morgan fingerprint density at radius 1 is 1.27 bits per heavy atom. The zero-order chi connectivity index (χ0) is 26.7. The maximum absolute atomic E-state index is 14.0. The number of likely N-dealkylation sites (tertiary alicyclic amines) is 1. The number of rotatable bonds is 13. The number of ether oxygens (including phenoxy) is 2. The standard InChI is InChI=1S/C27H43FN4O5/c1-29-18-23(10-13-27(36-2)11-3-4-12-27)31-25(33)32-15-6-8-21(19-32)24(37-16-14-30-26(34)35)20-7-5-9-22(28)17-20/h5,7,9,17,21,23-24,29-30H,3-4,6,8,10-16,18-19H2,1-2H3,(H,31,33)(H,34,35). The van der Waals surface area contributed by atoms with Crippen molar-refractivity contribution in [2.45, 2.75) is 69.1 Å². The molecule has 1 saturated carbocycles. The summed E-state index contributed by atoms with van der Waals surface area (Å²) in [6, 6.07) is 6.18. The first-order valence-corrected chi connectivity index (χ1v) is 13.4. The number of methoxy groups -OCH3 is 1. The first-order valence-electron chi connectivity index (χ1n) is 13.4. The molecule has 9 nitrogen and oxygen atoms in total. The molecule has 2 fully saturated rings. The third-order valence-electron chi connectivity index (χ3n) is 7.70. The van der Waals surface area contributed by atoms with Crippen LogP contribution in [-0.2, 0) is 9.47 Å². The van der Waals surface area contributed by atoms with E-state index in [2.05, 4.69) is 16.0 Å². The fourth-order valence-electron chi connectivity index (χ4n) is 5.72. The topological polar surface area (TPSA) is 112 Å². The zero-order valence-corrected chi connectivity index (χ0v) is 22.1. The van der Waals surface area contributed by atoms with Gasteiger partial charge < -0.3 is 35.4 Å². The summed E-state index contributed by atoms with van der Waals surface area (Å²) >= 11 is 0. The minimum absolute atomic E-state index is 0.0112. The lowest BCUT2D eigenvalue weighted by Gasteiger charge is -2.38. The summed E-state index contributed by atoms with van der Waals surface area (Å²) < 4.78 is 25.9. The number of hydrogen-bond donors (Lipinski definition) is 4. The minimum Gasteiger partial charge on any atom is -0.465 e. The van der Waals surface area contributed by atoms with Crippen molar-refractivity contribution in [2.24, 2.45) is 5.92 Å². The monoisotopic (exact) mass is 522 g/mol. The molecule has 0 spiro atoms. The van der Waals surface area contributed by atoms with Gasteiger partial charge in [-0.1, -0.05) is 25.0 Å². The highest BCUT2D eigenvalue weighted by Crippen LogP contribution is 2.37. The summed E-state index contributed by atoms with van der Waals surface area (Å²) in [5.74, 6) is -0.393. The van der Waals surface area contributed by atoms with Crippen LogP contribution in [0.15, 0.2) is 24.3 Å². The van der Waals surface area contributed by atoms with Crippen molar-refractivity contribution in [3.8, 4) is 0 Å². The van der Waals surface area contributed by atoms with Gasteiger partial charge in [0.05, 0.1) is 18.3 Å². The molecular formula is C27H43FN4O5. The quantitative estimate of drug-likeness (QED) is 0.293. The van der Waals surface area contributed by atoms with Crippen molar-refractivity contribution in [1.82, 2.24) is 20.9 Å². The molecule has 1 aromatic rings. The van der Waals surface area contributed by atoms with Crippen LogP contribution in [0.1, 0.15) is 63.0 Å². The Bertz CT molecular complexity index is 867. The molecule has 2 aliphatic rings. The Balaban J connectivity index is 1.62. The zero-order valence-electron chi connectivity index (χ0n) is 22.1. The second-order valence-electron chi connectivity index (χ2n) is 10.3. The van der Waals surface area contributed by atoms with E-state index in [1.165, 1.54) is 25.0 Å². The number of benzene rings is 1. The van der Waals surface area contributed by atoms with Crippen molar-refractivity contribution >= 4 is 12.1 Å². The lowest BCUT2D eigenvalue weighted by Crippen LogP contribution is -2.51. The van der Waals surface area contributed by atoms with Gasteiger partial charge >= 0.3 is 12.1 Å². The van der Waals surface area contributed by atoms with Crippen molar-refractivity contribution in [2.75, 3.05) is 46.9 Å². The number of nitrogens with zero attached hydrogens (tertiary/aromatic N) is 1. The summed E-state index contributed by atoms with van der Waals surface area (Å²) in [7, 11) is 3.68. The molecule has 0 bridgehead atoms. The number of likely N-dealkylation sites (N-methyl/N-ethyl adjacent to an activating group) is 1. The number of hydrogen-bond acceptors (Lipinski definition) is 5. The van der Waals surface area contributed by atoms with Crippen molar-refractivity contribution in [3.63, 3.8) is 0 Å². The van der Waals surface area contributed by atoms with Gasteiger partial charge in [0.1, 0.15) is 5.82 Å². The third-order valence-corrected chi connectivity index (χ3v) is 7.70. The molecule has 0 radical (unpaired) electrons. The highest BCUT2D eigenvalue weighted by Gasteiger charge is 2.35. The van der Waals surface area contributed by atoms with Gasteiger partial charge in [0.15, 0.2) is 0 Å². The van der Waals surface area contributed by atoms with E-state index < -0.39 is 12.2 Å². The molecule has 3 atom stereocenters. The summed E-state index contributed by atoms with van der Waals surface area (Å²) in [6.45, 7) is 2.09. The molecule has 1 aromatic carbocycles. The molecule has 4 N–H and O–H groups in total. The molecule has 0 aromatic heterocycles. The smallest absolute Gasteiger partial charge is 0.404 e. The lowest BCUT2D eigenvalue weighted by molar-refractivity contribution is -0.0151. The number of carboxylic acid groups (broad SMARTS) is 1. The van der Waals surface area contributed by atoms with Crippen LogP contribution in [0.3, 0.4) is 0 Å². The molecule has 3 amide bonds. The van der Waals surface area contributed by atoms with Crippen LogP contribution >= 0.6 is 0 Å². The Labute approximate surface area is 219 Å². The van der Waals surface area contributed by atoms with E-state index >= 15 is 0 Å². The van der Waals surface area contributed by atoms with E-state index in [1.807, 2.05) is 18.0 Å². The molecule has 3 unspecified atom stereocenters. The van der Waals surface area contributed by atoms with Crippen LogP contribution in [-0.4, -0.2) is 80.7 Å². The SMILES string of the molecule is CNCC(CCC1(OC)CCCC1)NC(=O)N1CCCC(C(OCCNC(=O)O)c2cccc(F)c2)C1. The summed E-state index contributed by atoms with van der Waals surface area (Å²) in [4.78, 5) is 25.9. The van der Waals surface area contributed by atoms with Crippen LogP contribution in [0.4, 0.5) is 14.0 Å². The second-order valence-corrected chi connectivity index (χ2v) is 10.3. The van der Waals surface area contributed by atoms with Gasteiger partial charge in [0, 0.05) is 45.2 Å². The van der Waals surface area contributed by atoms with Gasteiger partial charge in [-0.2, -0.15) is 0 Å². The number of nitrogens with one attached hydrogen (secondary N) is 3. The maximum atomic E-state index is 14.0. The predicted octanol–water partition coefficient (Wildman–Crippen LogP) is 3.90. The second kappa shape index (κ2) is 14.5. The number of amides is 3. The first-order chi connectivity index (χ1) is 17.9. The maximum Gasteiger partial charge on any atom is 0.404 e. The molecule has 37 heavy (non-hydrogen) atoms. The molecular weight excluding hydrogens is 479 g/mol. The average molecular weight is 523 g/mol. The molecule has 1 heterocycles. The molecule has 208 valence electrons. The largest absolute Gasteiger partial charge is 0.465 e. The van der Waals surface area contributed by atoms with Gasteiger partial charge in [0.2, 0.25) is 0 Å². The van der Waals surface area contributed by atoms with E-state index in [4.69, 9.17) is 14.6 Å².